The van der Waals surface area contributed by atoms with Crippen molar-refractivity contribution in [3.8, 4) is 11.1 Å². The summed E-state index contributed by atoms with van der Waals surface area (Å²) in [6.45, 7) is 4.60. The molecule has 2 aromatic rings. The van der Waals surface area contributed by atoms with Gasteiger partial charge in [0.15, 0.2) is 0 Å². The van der Waals surface area contributed by atoms with E-state index in [2.05, 4.69) is 62.4 Å². The number of rotatable bonds is 12. The zero-order chi connectivity index (χ0) is 19.0. The molecule has 0 atom stereocenters. The monoisotopic (exact) mass is 566 g/mol. The Labute approximate surface area is 245 Å². The summed E-state index contributed by atoms with van der Waals surface area (Å²) in [5.41, 5.74) is 6.15. The first kappa shape index (κ1) is 34.1. The summed E-state index contributed by atoms with van der Waals surface area (Å²) in [5, 5.41) is 0. The maximum absolute atomic E-state index is 3.39. The molecule has 0 fully saturated rings. The molecule has 0 unspecified atom stereocenters. The SMILES string of the molecule is CCCCCCCC1(CCCCCCC)c2c[c-]ccc2-c2cc[c-]cc21.[Br-].[Br-].[Mg+2].[Mg+2]. The van der Waals surface area contributed by atoms with E-state index in [9.17, 15) is 0 Å². The summed E-state index contributed by atoms with van der Waals surface area (Å²) in [4.78, 5) is 0. The summed E-state index contributed by atoms with van der Waals surface area (Å²) in [6.07, 6.45) is 16.1. The molecule has 0 N–H and O–H groups in total. The number of benzene rings is 2. The van der Waals surface area contributed by atoms with Crippen molar-refractivity contribution in [2.75, 3.05) is 0 Å². The van der Waals surface area contributed by atoms with Gasteiger partial charge in [-0.05, 0) is 0 Å². The standard InChI is InChI=1S/C27H36.2BrH.2Mg/c1-3-5-7-9-15-21-27(22-16-10-8-6-4-2)25-19-13-11-17-23(25)24-18-12-14-20-26(24)27;;;;/h11-12,17-20H,3-10,15-16,21-22H2,1-2H3;2*1H;;/q-2;;;2*+2/p-2. The Balaban J connectivity index is 0. The van der Waals surface area contributed by atoms with Crippen molar-refractivity contribution < 1.29 is 34.0 Å². The van der Waals surface area contributed by atoms with Gasteiger partial charge in [-0.3, -0.25) is 0 Å². The largest absolute Gasteiger partial charge is 2.00 e. The molecule has 3 rings (SSSR count). The van der Waals surface area contributed by atoms with E-state index in [0.717, 1.165) is 0 Å². The van der Waals surface area contributed by atoms with Crippen LogP contribution >= 0.6 is 0 Å². The molecule has 0 amide bonds. The van der Waals surface area contributed by atoms with Crippen LogP contribution in [0.5, 0.6) is 0 Å². The van der Waals surface area contributed by atoms with E-state index in [0.29, 0.717) is 0 Å². The molecule has 0 radical (unpaired) electrons. The molecule has 2 aromatic carbocycles. The van der Waals surface area contributed by atoms with Crippen LogP contribution in [0.4, 0.5) is 0 Å². The third-order valence-electron chi connectivity index (χ3n) is 6.46. The van der Waals surface area contributed by atoms with Gasteiger partial charge in [-0.2, -0.15) is 59.7 Å². The third kappa shape index (κ3) is 8.58. The van der Waals surface area contributed by atoms with E-state index in [1.165, 1.54) is 99.3 Å². The van der Waals surface area contributed by atoms with Gasteiger partial charge in [0.1, 0.15) is 0 Å². The molecule has 4 heteroatoms. The minimum atomic E-state index is 0. The zero-order valence-electron chi connectivity index (χ0n) is 19.6. The maximum atomic E-state index is 3.39. The van der Waals surface area contributed by atoms with Gasteiger partial charge in [-0.25, -0.2) is 0 Å². The van der Waals surface area contributed by atoms with Crippen molar-refractivity contribution in [1.29, 1.82) is 0 Å². The van der Waals surface area contributed by atoms with Gasteiger partial charge in [0.05, 0.1) is 0 Å². The molecule has 31 heavy (non-hydrogen) atoms. The van der Waals surface area contributed by atoms with Gasteiger partial charge < -0.3 is 34.0 Å². The van der Waals surface area contributed by atoms with Gasteiger partial charge in [0, 0.05) is 0 Å². The van der Waals surface area contributed by atoms with Crippen LogP contribution in [0.1, 0.15) is 102 Å². The van der Waals surface area contributed by atoms with Crippen LogP contribution < -0.4 is 34.0 Å². The van der Waals surface area contributed by atoms with Crippen molar-refractivity contribution >= 4 is 46.1 Å². The Morgan fingerprint density at radius 3 is 1.39 bits per heavy atom. The number of unbranched alkanes of at least 4 members (excludes halogenated alkanes) is 8. The van der Waals surface area contributed by atoms with Crippen LogP contribution in [-0.2, 0) is 5.41 Å². The second kappa shape index (κ2) is 18.3. The van der Waals surface area contributed by atoms with Crippen LogP contribution in [0.15, 0.2) is 36.4 Å². The fraction of sp³-hybridized carbons (Fsp3) is 0.556. The number of halogens is 2. The number of hydrogen-bond donors (Lipinski definition) is 0. The predicted molar refractivity (Wildman–Crippen MR) is 129 cm³/mol. The summed E-state index contributed by atoms with van der Waals surface area (Å²) in [5.74, 6) is 0. The molecule has 0 spiro atoms. The van der Waals surface area contributed by atoms with Gasteiger partial charge in [0.2, 0.25) is 0 Å². The zero-order valence-corrected chi connectivity index (χ0v) is 25.6. The molecule has 0 saturated carbocycles. The second-order valence-electron chi connectivity index (χ2n) is 8.35. The molecule has 162 valence electrons. The fourth-order valence-electron chi connectivity index (χ4n) is 4.99. The summed E-state index contributed by atoms with van der Waals surface area (Å²) < 4.78 is 0. The normalized spacial score (nSPS) is 12.3. The average Bonchev–Trinajstić information content (AvgIpc) is 2.99. The van der Waals surface area contributed by atoms with Crippen molar-refractivity contribution in [1.82, 2.24) is 0 Å². The van der Waals surface area contributed by atoms with E-state index < -0.39 is 0 Å². The Bertz CT molecular complexity index is 656. The van der Waals surface area contributed by atoms with Gasteiger partial charge >= 0.3 is 46.1 Å². The minimum absolute atomic E-state index is 0. The minimum Gasteiger partial charge on any atom is -1.00 e. The third-order valence-corrected chi connectivity index (χ3v) is 6.46. The Morgan fingerprint density at radius 2 is 1.00 bits per heavy atom. The molecule has 0 nitrogen and oxygen atoms in total. The maximum Gasteiger partial charge on any atom is 2.00 e. The van der Waals surface area contributed by atoms with Crippen LogP contribution in [0.3, 0.4) is 0 Å². The predicted octanol–water partition coefficient (Wildman–Crippen LogP) is 1.52. The van der Waals surface area contributed by atoms with E-state index in [4.69, 9.17) is 0 Å². The first-order valence-corrected chi connectivity index (χ1v) is 11.3. The first-order valence-electron chi connectivity index (χ1n) is 11.3. The topological polar surface area (TPSA) is 0 Å². The Morgan fingerprint density at radius 1 is 0.613 bits per heavy atom. The van der Waals surface area contributed by atoms with Crippen molar-refractivity contribution in [2.24, 2.45) is 0 Å². The van der Waals surface area contributed by atoms with Gasteiger partial charge in [-0.1, -0.05) is 96.3 Å². The van der Waals surface area contributed by atoms with Crippen LogP contribution in [0.2, 0.25) is 0 Å². The molecular weight excluding hydrogens is 533 g/mol. The smallest absolute Gasteiger partial charge is 1.00 e. The molecule has 0 heterocycles. The molecule has 0 bridgehead atoms. The van der Waals surface area contributed by atoms with E-state index >= 15 is 0 Å². The van der Waals surface area contributed by atoms with Crippen LogP contribution in [-0.4, -0.2) is 46.1 Å². The number of hydrogen-bond acceptors (Lipinski definition) is 0. The van der Waals surface area contributed by atoms with Crippen LogP contribution in [0.25, 0.3) is 11.1 Å². The summed E-state index contributed by atoms with van der Waals surface area (Å²) >= 11 is 0. The molecular formula is C27H36Br2Mg2. The van der Waals surface area contributed by atoms with Crippen LogP contribution in [0, 0.1) is 12.1 Å². The molecule has 0 aromatic heterocycles. The van der Waals surface area contributed by atoms with E-state index in [1.807, 2.05) is 0 Å². The van der Waals surface area contributed by atoms with E-state index in [-0.39, 0.29) is 85.5 Å². The Kier molecular flexibility index (Phi) is 20.1. The second-order valence-corrected chi connectivity index (χ2v) is 8.35. The molecule has 1 aliphatic rings. The van der Waals surface area contributed by atoms with Crippen molar-refractivity contribution in [2.45, 2.75) is 96.3 Å². The summed E-state index contributed by atoms with van der Waals surface area (Å²) in [6, 6.07) is 20.1. The molecule has 0 aliphatic heterocycles. The molecule has 0 saturated heterocycles. The Hall–Kier alpha value is 0.932. The van der Waals surface area contributed by atoms with E-state index in [1.54, 1.807) is 0 Å². The number of fused-ring (bicyclic) bond motifs is 3. The summed E-state index contributed by atoms with van der Waals surface area (Å²) in [7, 11) is 0. The quantitative estimate of drug-likeness (QED) is 0.207. The average molecular weight is 569 g/mol. The van der Waals surface area contributed by atoms with Crippen molar-refractivity contribution in [3.05, 3.63) is 59.7 Å². The fourth-order valence-corrected chi connectivity index (χ4v) is 4.99. The van der Waals surface area contributed by atoms with Gasteiger partial charge in [-0.15, -0.1) is 11.1 Å². The van der Waals surface area contributed by atoms with Gasteiger partial charge in [0.25, 0.3) is 0 Å². The first-order chi connectivity index (χ1) is 13.3. The molecule has 1 aliphatic carbocycles. The van der Waals surface area contributed by atoms with Crippen molar-refractivity contribution in [3.63, 3.8) is 0 Å².